The summed E-state index contributed by atoms with van der Waals surface area (Å²) in [6, 6.07) is 26.1. The summed E-state index contributed by atoms with van der Waals surface area (Å²) in [5.41, 5.74) is 5.71. The average Bonchev–Trinajstić information content (AvgIpc) is 3.35. The van der Waals surface area contributed by atoms with Crippen LogP contribution in [0.1, 0.15) is 41.0 Å². The fourth-order valence-electron chi connectivity index (χ4n) is 4.96. The Balaban J connectivity index is 1.32. The summed E-state index contributed by atoms with van der Waals surface area (Å²) >= 11 is 0. The van der Waals surface area contributed by atoms with Gasteiger partial charge in [0.1, 0.15) is 0 Å². The summed E-state index contributed by atoms with van der Waals surface area (Å²) in [6.07, 6.45) is 1.35. The van der Waals surface area contributed by atoms with Gasteiger partial charge in [-0.3, -0.25) is 9.79 Å². The molecule has 3 aromatic carbocycles. The first-order valence-electron chi connectivity index (χ1n) is 12.3. The molecule has 0 radical (unpaired) electrons. The molecule has 0 spiro atoms. The molecular weight excluding hydrogens is 452 g/mol. The minimum Gasteiger partial charge on any atom is -0.403 e. The van der Waals surface area contributed by atoms with Gasteiger partial charge in [-0.15, -0.1) is 5.10 Å². The molecule has 180 valence electrons. The molecule has 1 saturated heterocycles. The lowest BCUT2D eigenvalue weighted by atomic mass is 9.88. The minimum atomic E-state index is -0.841. The van der Waals surface area contributed by atoms with Gasteiger partial charge in [-0.1, -0.05) is 77.9 Å². The van der Waals surface area contributed by atoms with E-state index in [0.29, 0.717) is 11.8 Å². The molecule has 1 N–H and O–H groups in total. The maximum Gasteiger partial charge on any atom is 0.317 e. The van der Waals surface area contributed by atoms with Gasteiger partial charge < -0.3 is 14.5 Å². The Labute approximate surface area is 209 Å². The van der Waals surface area contributed by atoms with Crippen molar-refractivity contribution in [3.63, 3.8) is 0 Å². The molecule has 2 aliphatic rings. The molecule has 0 bridgehead atoms. The second kappa shape index (κ2) is 9.87. The van der Waals surface area contributed by atoms with Crippen LogP contribution in [0, 0.1) is 0 Å². The Morgan fingerprint density at radius 3 is 2.36 bits per heavy atom. The summed E-state index contributed by atoms with van der Waals surface area (Å²) in [4.78, 5) is 18.1. The van der Waals surface area contributed by atoms with Crippen molar-refractivity contribution in [1.29, 1.82) is 0 Å². The first kappa shape index (κ1) is 22.4. The highest BCUT2D eigenvalue weighted by Gasteiger charge is 2.28. The highest BCUT2D eigenvalue weighted by atomic mass is 16.5. The zero-order chi connectivity index (χ0) is 24.3. The topological polar surface area (TPSA) is 89.6 Å². The van der Waals surface area contributed by atoms with Crippen LogP contribution in [-0.4, -0.2) is 41.1 Å². The predicted octanol–water partition coefficient (Wildman–Crippen LogP) is 5.03. The number of ketones is 1. The van der Waals surface area contributed by atoms with E-state index in [9.17, 15) is 4.79 Å². The number of benzene rings is 3. The van der Waals surface area contributed by atoms with Gasteiger partial charge in [0.2, 0.25) is 5.89 Å². The summed E-state index contributed by atoms with van der Waals surface area (Å²) in [7, 11) is 0. The highest BCUT2D eigenvalue weighted by Crippen LogP contribution is 2.34. The van der Waals surface area contributed by atoms with Crippen LogP contribution in [0.4, 0.5) is 6.01 Å². The molecule has 7 heteroatoms. The van der Waals surface area contributed by atoms with Crippen LogP contribution in [0.3, 0.4) is 0 Å². The lowest BCUT2D eigenvalue weighted by Gasteiger charge is -2.23. The van der Waals surface area contributed by atoms with E-state index in [-0.39, 0.29) is 18.2 Å². The first-order valence-corrected chi connectivity index (χ1v) is 12.3. The van der Waals surface area contributed by atoms with Crippen LogP contribution in [0.25, 0.3) is 11.5 Å². The Bertz CT molecular complexity index is 1410. The molecule has 1 aromatic heterocycles. The number of rotatable bonds is 5. The van der Waals surface area contributed by atoms with Gasteiger partial charge in [0.05, 0.1) is 5.71 Å². The first-order chi connectivity index (χ1) is 17.8. The fraction of sp³-hybridized carbons (Fsp3) is 0.241. The quantitative estimate of drug-likeness (QED) is 0.433. The molecule has 7 nitrogen and oxygen atoms in total. The predicted molar refractivity (Wildman–Crippen MR) is 137 cm³/mol. The SMILES string of the molecule is O=C1Cc2ccccc2C(c2ccccc2)=N[C@@H]1Nc1nnc(-c2ccccc2C2CCOCC2)o1. The number of anilines is 1. The zero-order valence-corrected chi connectivity index (χ0v) is 19.8. The molecule has 0 amide bonds. The number of aliphatic imine (C=N–C) groups is 1. The van der Waals surface area contributed by atoms with Crippen LogP contribution >= 0.6 is 0 Å². The van der Waals surface area contributed by atoms with Gasteiger partial charge in [0.15, 0.2) is 11.9 Å². The Kier molecular flexibility index (Phi) is 6.13. The van der Waals surface area contributed by atoms with Crippen molar-refractivity contribution in [3.05, 3.63) is 101 Å². The number of fused-ring (bicyclic) bond motifs is 1. The zero-order valence-electron chi connectivity index (χ0n) is 19.8. The van der Waals surface area contributed by atoms with Crippen molar-refractivity contribution in [2.24, 2.45) is 4.99 Å². The summed E-state index contributed by atoms with van der Waals surface area (Å²) < 4.78 is 11.6. The highest BCUT2D eigenvalue weighted by molar-refractivity contribution is 6.16. The van der Waals surface area contributed by atoms with Crippen molar-refractivity contribution >= 4 is 17.5 Å². The number of Topliss-reactive ketones (excluding diaryl/α,β-unsaturated/α-hetero) is 1. The third kappa shape index (κ3) is 4.45. The van der Waals surface area contributed by atoms with Gasteiger partial charge in [0, 0.05) is 36.3 Å². The van der Waals surface area contributed by atoms with E-state index in [2.05, 4.69) is 21.6 Å². The molecule has 3 heterocycles. The molecule has 4 aromatic rings. The maximum atomic E-state index is 13.2. The normalized spacial score (nSPS) is 18.3. The van der Waals surface area contributed by atoms with E-state index in [4.69, 9.17) is 14.1 Å². The van der Waals surface area contributed by atoms with Crippen molar-refractivity contribution < 1.29 is 13.9 Å². The molecule has 1 atom stereocenters. The second-order valence-electron chi connectivity index (χ2n) is 9.08. The Morgan fingerprint density at radius 2 is 1.53 bits per heavy atom. The molecule has 36 heavy (non-hydrogen) atoms. The molecule has 1 fully saturated rings. The number of nitrogens with one attached hydrogen (secondary N) is 1. The number of hydrogen-bond acceptors (Lipinski definition) is 7. The van der Waals surface area contributed by atoms with Gasteiger partial charge in [-0.2, -0.15) is 0 Å². The number of ether oxygens (including phenoxy) is 1. The lowest BCUT2D eigenvalue weighted by Crippen LogP contribution is -2.29. The summed E-state index contributed by atoms with van der Waals surface area (Å²) in [5, 5.41) is 11.6. The molecule has 0 saturated carbocycles. The Hall–Kier alpha value is -4.10. The smallest absolute Gasteiger partial charge is 0.317 e. The van der Waals surface area contributed by atoms with Gasteiger partial charge >= 0.3 is 6.01 Å². The third-order valence-electron chi connectivity index (χ3n) is 6.79. The molecule has 0 aliphatic carbocycles. The van der Waals surface area contributed by atoms with Crippen molar-refractivity contribution in [1.82, 2.24) is 10.2 Å². The van der Waals surface area contributed by atoms with E-state index in [1.807, 2.05) is 72.8 Å². The van der Waals surface area contributed by atoms with E-state index in [1.165, 1.54) is 5.56 Å². The fourth-order valence-corrected chi connectivity index (χ4v) is 4.96. The summed E-state index contributed by atoms with van der Waals surface area (Å²) in [5.74, 6) is 0.755. The second-order valence-corrected chi connectivity index (χ2v) is 9.08. The van der Waals surface area contributed by atoms with Gasteiger partial charge in [0.25, 0.3) is 0 Å². The van der Waals surface area contributed by atoms with Crippen LogP contribution in [0.15, 0.2) is 88.3 Å². The Morgan fingerprint density at radius 1 is 0.806 bits per heavy atom. The average molecular weight is 479 g/mol. The van der Waals surface area contributed by atoms with Crippen molar-refractivity contribution in [2.75, 3.05) is 18.5 Å². The van der Waals surface area contributed by atoms with Gasteiger partial charge in [-0.05, 0) is 36.0 Å². The minimum absolute atomic E-state index is 0.0595. The van der Waals surface area contributed by atoms with E-state index >= 15 is 0 Å². The number of carbonyl (C=O) groups is 1. The number of carbonyl (C=O) groups excluding carboxylic acids is 1. The van der Waals surface area contributed by atoms with Crippen LogP contribution in [0.2, 0.25) is 0 Å². The number of hydrogen-bond donors (Lipinski definition) is 1. The largest absolute Gasteiger partial charge is 0.403 e. The van der Waals surface area contributed by atoms with E-state index in [0.717, 1.165) is 54.0 Å². The van der Waals surface area contributed by atoms with E-state index in [1.54, 1.807) is 0 Å². The standard InChI is InChI=1S/C29H26N4O3/c34-25-18-21-10-4-5-12-23(21)26(20-8-2-1-3-9-20)30-27(25)31-29-33-32-28(36-29)24-13-7-6-11-22(24)19-14-16-35-17-15-19/h1-13,19,27H,14-18H2,(H,31,33)/t27-/m1/s1. The molecular formula is C29H26N4O3. The van der Waals surface area contributed by atoms with Crippen LogP contribution in [0.5, 0.6) is 0 Å². The van der Waals surface area contributed by atoms with Crippen molar-refractivity contribution in [3.8, 4) is 11.5 Å². The van der Waals surface area contributed by atoms with Gasteiger partial charge in [-0.25, -0.2) is 0 Å². The number of nitrogens with zero attached hydrogens (tertiary/aromatic N) is 3. The molecule has 6 rings (SSSR count). The number of aromatic nitrogens is 2. The van der Waals surface area contributed by atoms with Crippen LogP contribution < -0.4 is 5.32 Å². The maximum absolute atomic E-state index is 13.2. The van der Waals surface area contributed by atoms with E-state index < -0.39 is 6.17 Å². The monoisotopic (exact) mass is 478 g/mol. The lowest BCUT2D eigenvalue weighted by molar-refractivity contribution is -0.119. The molecule has 2 aliphatic heterocycles. The molecule has 0 unspecified atom stereocenters. The summed E-state index contributed by atoms with van der Waals surface area (Å²) in [6.45, 7) is 1.51. The van der Waals surface area contributed by atoms with Crippen molar-refractivity contribution in [2.45, 2.75) is 31.3 Å². The third-order valence-corrected chi connectivity index (χ3v) is 6.79. The van der Waals surface area contributed by atoms with Crippen LogP contribution in [-0.2, 0) is 16.0 Å².